The first kappa shape index (κ1) is 12.0. The predicted molar refractivity (Wildman–Crippen MR) is 67.8 cm³/mol. The van der Waals surface area contributed by atoms with Gasteiger partial charge in [0.25, 0.3) is 0 Å². The van der Waals surface area contributed by atoms with Crippen LogP contribution in [0, 0.1) is 11.6 Å². The van der Waals surface area contributed by atoms with Crippen LogP contribution in [0.4, 0.5) is 8.78 Å². The van der Waals surface area contributed by atoms with Crippen LogP contribution in [0.1, 0.15) is 29.6 Å². The lowest BCUT2D eigenvalue weighted by Gasteiger charge is -2.10. The molecule has 2 nitrogen and oxygen atoms in total. The molecular weight excluding hydrogens is 246 g/mol. The molecule has 0 aliphatic carbocycles. The second kappa shape index (κ2) is 4.88. The van der Waals surface area contributed by atoms with Crippen molar-refractivity contribution in [2.24, 2.45) is 10.2 Å². The average molecular weight is 258 g/mol. The van der Waals surface area contributed by atoms with Gasteiger partial charge in [-0.05, 0) is 23.8 Å². The van der Waals surface area contributed by atoms with E-state index in [9.17, 15) is 8.78 Å². The summed E-state index contributed by atoms with van der Waals surface area (Å²) in [6.45, 7) is 0. The monoisotopic (exact) mass is 258 g/mol. The molecule has 0 saturated carbocycles. The van der Waals surface area contributed by atoms with Crippen LogP contribution in [0.25, 0.3) is 0 Å². The minimum atomic E-state index is -0.449. The summed E-state index contributed by atoms with van der Waals surface area (Å²) in [5.74, 6) is -0.881. The van der Waals surface area contributed by atoms with Crippen LogP contribution < -0.4 is 0 Å². The summed E-state index contributed by atoms with van der Waals surface area (Å²) in [4.78, 5) is 0. The average Bonchev–Trinajstić information content (AvgIpc) is 2.92. The summed E-state index contributed by atoms with van der Waals surface area (Å²) in [6, 6.07) is 12.7. The van der Waals surface area contributed by atoms with Gasteiger partial charge in [-0.2, -0.15) is 10.2 Å². The van der Waals surface area contributed by atoms with Gasteiger partial charge in [-0.25, -0.2) is 8.78 Å². The van der Waals surface area contributed by atoms with Gasteiger partial charge >= 0.3 is 0 Å². The normalized spacial score (nSPS) is 21.8. The molecule has 19 heavy (non-hydrogen) atoms. The van der Waals surface area contributed by atoms with Crippen molar-refractivity contribution in [3.05, 3.63) is 71.3 Å². The summed E-state index contributed by atoms with van der Waals surface area (Å²) < 4.78 is 26.9. The molecule has 0 bridgehead atoms. The summed E-state index contributed by atoms with van der Waals surface area (Å²) in [5, 5.41) is 8.25. The molecule has 0 saturated heterocycles. The predicted octanol–water partition coefficient (Wildman–Crippen LogP) is 4.60. The smallest absolute Gasteiger partial charge is 0.128 e. The SMILES string of the molecule is Fc1ccc(F)c(C2CC(c3ccccc3)N=N2)c1. The summed E-state index contributed by atoms with van der Waals surface area (Å²) in [5.41, 5.74) is 1.33. The van der Waals surface area contributed by atoms with E-state index < -0.39 is 17.7 Å². The van der Waals surface area contributed by atoms with Gasteiger partial charge in [0.1, 0.15) is 17.7 Å². The van der Waals surface area contributed by atoms with Gasteiger partial charge in [-0.1, -0.05) is 30.3 Å². The summed E-state index contributed by atoms with van der Waals surface area (Å²) in [7, 11) is 0. The Bertz CT molecular complexity index is 611. The number of hydrogen-bond donors (Lipinski definition) is 0. The van der Waals surface area contributed by atoms with Crippen molar-refractivity contribution >= 4 is 0 Å². The largest absolute Gasteiger partial charge is 0.207 e. The Balaban J connectivity index is 1.84. The Kier molecular flexibility index (Phi) is 3.07. The fourth-order valence-electron chi connectivity index (χ4n) is 2.30. The fourth-order valence-corrected chi connectivity index (χ4v) is 2.30. The minimum Gasteiger partial charge on any atom is -0.207 e. The fraction of sp³-hybridized carbons (Fsp3) is 0.200. The maximum atomic E-state index is 13.7. The summed E-state index contributed by atoms with van der Waals surface area (Å²) >= 11 is 0. The molecule has 0 amide bonds. The number of hydrogen-bond acceptors (Lipinski definition) is 2. The van der Waals surface area contributed by atoms with Gasteiger partial charge in [-0.3, -0.25) is 0 Å². The molecule has 3 rings (SSSR count). The van der Waals surface area contributed by atoms with Crippen LogP contribution in [0.5, 0.6) is 0 Å². The van der Waals surface area contributed by atoms with Crippen LogP contribution in [-0.4, -0.2) is 0 Å². The van der Waals surface area contributed by atoms with E-state index in [1.165, 1.54) is 6.07 Å². The standard InChI is InChI=1S/C15H12F2N2/c16-11-6-7-13(17)12(8-11)15-9-14(18-19-15)10-4-2-1-3-5-10/h1-8,14-15H,9H2. The van der Waals surface area contributed by atoms with E-state index in [0.717, 1.165) is 17.7 Å². The van der Waals surface area contributed by atoms with E-state index >= 15 is 0 Å². The van der Waals surface area contributed by atoms with Gasteiger partial charge in [0.15, 0.2) is 0 Å². The third kappa shape index (κ3) is 2.38. The van der Waals surface area contributed by atoms with Crippen molar-refractivity contribution in [3.8, 4) is 0 Å². The van der Waals surface area contributed by atoms with E-state index in [0.29, 0.717) is 6.42 Å². The zero-order valence-electron chi connectivity index (χ0n) is 10.1. The molecule has 2 unspecified atom stereocenters. The molecule has 0 spiro atoms. The van der Waals surface area contributed by atoms with Gasteiger partial charge in [0.2, 0.25) is 0 Å². The Morgan fingerprint density at radius 1 is 0.895 bits per heavy atom. The highest BCUT2D eigenvalue weighted by Crippen LogP contribution is 2.39. The van der Waals surface area contributed by atoms with Crippen molar-refractivity contribution in [2.45, 2.75) is 18.5 Å². The first-order valence-electron chi connectivity index (χ1n) is 6.14. The van der Waals surface area contributed by atoms with E-state index in [4.69, 9.17) is 0 Å². The molecule has 1 aliphatic heterocycles. The molecule has 0 fully saturated rings. The lowest BCUT2D eigenvalue weighted by molar-refractivity contribution is 0.555. The Morgan fingerprint density at radius 3 is 2.42 bits per heavy atom. The van der Waals surface area contributed by atoms with Gasteiger partial charge in [-0.15, -0.1) is 0 Å². The minimum absolute atomic E-state index is 0.0751. The first-order chi connectivity index (χ1) is 9.24. The maximum Gasteiger partial charge on any atom is 0.128 e. The maximum absolute atomic E-state index is 13.7. The lowest BCUT2D eigenvalue weighted by atomic mass is 9.97. The van der Waals surface area contributed by atoms with Gasteiger partial charge in [0.05, 0.1) is 6.04 Å². The highest BCUT2D eigenvalue weighted by Gasteiger charge is 2.26. The van der Waals surface area contributed by atoms with Crippen molar-refractivity contribution < 1.29 is 8.78 Å². The number of benzene rings is 2. The molecular formula is C15H12F2N2. The van der Waals surface area contributed by atoms with Crippen LogP contribution in [0.2, 0.25) is 0 Å². The van der Waals surface area contributed by atoms with E-state index in [-0.39, 0.29) is 11.6 Å². The molecule has 1 heterocycles. The third-order valence-corrected chi connectivity index (χ3v) is 3.29. The number of halogens is 2. The number of rotatable bonds is 2. The molecule has 4 heteroatoms. The Labute approximate surface area is 109 Å². The van der Waals surface area contributed by atoms with Gasteiger partial charge in [0, 0.05) is 12.0 Å². The molecule has 2 aromatic carbocycles. The molecule has 2 aromatic rings. The second-order valence-corrected chi connectivity index (χ2v) is 4.57. The molecule has 0 N–H and O–H groups in total. The quantitative estimate of drug-likeness (QED) is 0.752. The number of nitrogens with zero attached hydrogens (tertiary/aromatic N) is 2. The van der Waals surface area contributed by atoms with E-state index in [1.807, 2.05) is 30.3 Å². The second-order valence-electron chi connectivity index (χ2n) is 4.57. The van der Waals surface area contributed by atoms with Crippen LogP contribution >= 0.6 is 0 Å². The van der Waals surface area contributed by atoms with Crippen LogP contribution in [0.3, 0.4) is 0 Å². The third-order valence-electron chi connectivity index (χ3n) is 3.29. The van der Waals surface area contributed by atoms with Crippen LogP contribution in [-0.2, 0) is 0 Å². The zero-order chi connectivity index (χ0) is 13.2. The van der Waals surface area contributed by atoms with Crippen molar-refractivity contribution in [3.63, 3.8) is 0 Å². The van der Waals surface area contributed by atoms with E-state index in [2.05, 4.69) is 10.2 Å². The molecule has 96 valence electrons. The molecule has 0 radical (unpaired) electrons. The Hall–Kier alpha value is -2.10. The Morgan fingerprint density at radius 2 is 1.63 bits per heavy atom. The van der Waals surface area contributed by atoms with E-state index in [1.54, 1.807) is 0 Å². The highest BCUT2D eigenvalue weighted by molar-refractivity contribution is 5.26. The number of azo groups is 1. The van der Waals surface area contributed by atoms with Crippen molar-refractivity contribution in [1.29, 1.82) is 0 Å². The van der Waals surface area contributed by atoms with Crippen molar-refractivity contribution in [1.82, 2.24) is 0 Å². The van der Waals surface area contributed by atoms with Crippen molar-refractivity contribution in [2.75, 3.05) is 0 Å². The van der Waals surface area contributed by atoms with Gasteiger partial charge < -0.3 is 0 Å². The molecule has 2 atom stereocenters. The zero-order valence-corrected chi connectivity index (χ0v) is 10.1. The highest BCUT2D eigenvalue weighted by atomic mass is 19.1. The molecule has 1 aliphatic rings. The summed E-state index contributed by atoms with van der Waals surface area (Å²) in [6.07, 6.45) is 0.574. The lowest BCUT2D eigenvalue weighted by Crippen LogP contribution is -2.00. The first-order valence-corrected chi connectivity index (χ1v) is 6.14. The molecule has 0 aromatic heterocycles. The van der Waals surface area contributed by atoms with Crippen LogP contribution in [0.15, 0.2) is 58.8 Å². The topological polar surface area (TPSA) is 24.7 Å².